The second-order valence-corrected chi connectivity index (χ2v) is 7.00. The molecule has 2 N–H and O–H groups in total. The molecule has 2 aromatic rings. The third-order valence-corrected chi connectivity index (χ3v) is 4.82. The molecule has 0 saturated carbocycles. The van der Waals surface area contributed by atoms with E-state index in [9.17, 15) is 0 Å². The molecule has 0 amide bonds. The first-order valence-corrected chi connectivity index (χ1v) is 8.79. The number of benzene rings is 2. The van der Waals surface area contributed by atoms with Gasteiger partial charge >= 0.3 is 0 Å². The number of hydrogen-bond acceptors (Lipinski definition) is 4. The second kappa shape index (κ2) is 6.15. The van der Waals surface area contributed by atoms with Gasteiger partial charge in [-0.2, -0.15) is 0 Å². The highest BCUT2D eigenvalue weighted by atomic mass is 79.9. The van der Waals surface area contributed by atoms with E-state index in [1.54, 1.807) is 0 Å². The van der Waals surface area contributed by atoms with Crippen LogP contribution in [0.1, 0.15) is 5.56 Å². The summed E-state index contributed by atoms with van der Waals surface area (Å²) in [5, 5.41) is 7.59. The smallest absolute Gasteiger partial charge is 0.138 e. The molecule has 0 spiro atoms. The van der Waals surface area contributed by atoms with Crippen molar-refractivity contribution in [1.82, 2.24) is 10.2 Å². The summed E-state index contributed by atoms with van der Waals surface area (Å²) in [6.07, 6.45) is 0. The Bertz CT molecular complexity index is 784. The van der Waals surface area contributed by atoms with Crippen LogP contribution in [-0.2, 0) is 0 Å². The van der Waals surface area contributed by atoms with E-state index in [1.165, 1.54) is 0 Å². The highest BCUT2D eigenvalue weighted by molar-refractivity contribution is 9.10. The Morgan fingerprint density at radius 1 is 1.04 bits per heavy atom. The number of nitrogens with zero attached hydrogens (tertiary/aromatic N) is 2. The summed E-state index contributed by atoms with van der Waals surface area (Å²) in [4.78, 5) is 7.31. The number of fused-ring (bicyclic) bond motifs is 2. The molecule has 2 aliphatic rings. The molecule has 23 heavy (non-hydrogen) atoms. The van der Waals surface area contributed by atoms with E-state index in [4.69, 9.17) is 16.6 Å². The summed E-state index contributed by atoms with van der Waals surface area (Å²) in [7, 11) is 0. The van der Waals surface area contributed by atoms with Gasteiger partial charge in [0.2, 0.25) is 0 Å². The number of halogens is 2. The molecule has 2 aliphatic heterocycles. The zero-order chi connectivity index (χ0) is 15.8. The summed E-state index contributed by atoms with van der Waals surface area (Å²) in [6, 6.07) is 12.0. The van der Waals surface area contributed by atoms with E-state index >= 15 is 0 Å². The normalized spacial score (nSPS) is 16.8. The average Bonchev–Trinajstić information content (AvgIpc) is 2.71. The van der Waals surface area contributed by atoms with Gasteiger partial charge in [0.1, 0.15) is 5.84 Å². The molecule has 6 heteroatoms. The molecule has 1 fully saturated rings. The van der Waals surface area contributed by atoms with Gasteiger partial charge in [-0.05, 0) is 36.4 Å². The van der Waals surface area contributed by atoms with Crippen LogP contribution in [0.3, 0.4) is 0 Å². The first-order chi connectivity index (χ1) is 11.2. The molecule has 0 aromatic heterocycles. The van der Waals surface area contributed by atoms with E-state index in [1.807, 2.05) is 36.4 Å². The van der Waals surface area contributed by atoms with Crippen LogP contribution >= 0.6 is 27.5 Å². The van der Waals surface area contributed by atoms with Crippen molar-refractivity contribution in [3.63, 3.8) is 0 Å². The van der Waals surface area contributed by atoms with Crippen LogP contribution in [0.5, 0.6) is 0 Å². The van der Waals surface area contributed by atoms with Gasteiger partial charge in [0.05, 0.1) is 17.1 Å². The molecule has 4 nitrogen and oxygen atoms in total. The van der Waals surface area contributed by atoms with Crippen molar-refractivity contribution in [2.45, 2.75) is 0 Å². The van der Waals surface area contributed by atoms with Crippen molar-refractivity contribution in [2.24, 2.45) is 4.99 Å². The summed E-state index contributed by atoms with van der Waals surface area (Å²) < 4.78 is 1.02. The van der Waals surface area contributed by atoms with Crippen LogP contribution < -0.4 is 10.6 Å². The number of anilines is 2. The standard InChI is InChI=1S/C17H16BrClN4/c18-11-1-4-14-16(9-11)22-17(23-7-5-20-6-8-23)13-3-2-12(19)10-15(13)21-14/h1-4,9-10,20-21H,5-8H2. The fourth-order valence-electron chi connectivity index (χ4n) is 2.95. The number of hydrogen-bond donors (Lipinski definition) is 2. The molecule has 2 aromatic carbocycles. The Labute approximate surface area is 148 Å². The van der Waals surface area contributed by atoms with Crippen LogP contribution in [0.2, 0.25) is 5.02 Å². The molecule has 1 saturated heterocycles. The first-order valence-electron chi connectivity index (χ1n) is 7.61. The molecule has 0 bridgehead atoms. The van der Waals surface area contributed by atoms with Gasteiger partial charge in [0, 0.05) is 41.2 Å². The molecule has 0 radical (unpaired) electrons. The largest absolute Gasteiger partial charge is 0.353 e. The predicted molar refractivity (Wildman–Crippen MR) is 99.5 cm³/mol. The van der Waals surface area contributed by atoms with Crippen LogP contribution in [0, 0.1) is 0 Å². The molecule has 2 heterocycles. The Balaban J connectivity index is 1.89. The molecule has 0 aliphatic carbocycles. The fourth-order valence-corrected chi connectivity index (χ4v) is 3.48. The monoisotopic (exact) mass is 390 g/mol. The summed E-state index contributed by atoms with van der Waals surface area (Å²) in [5.74, 6) is 1.00. The van der Waals surface area contributed by atoms with Gasteiger partial charge in [-0.25, -0.2) is 4.99 Å². The molecular formula is C17H16BrClN4. The number of aliphatic imine (C=N–C) groups is 1. The van der Waals surface area contributed by atoms with E-state index in [-0.39, 0.29) is 0 Å². The van der Waals surface area contributed by atoms with E-state index < -0.39 is 0 Å². The highest BCUT2D eigenvalue weighted by Crippen LogP contribution is 2.37. The summed E-state index contributed by atoms with van der Waals surface area (Å²) >= 11 is 9.74. The van der Waals surface area contributed by atoms with Gasteiger partial charge in [0.25, 0.3) is 0 Å². The number of rotatable bonds is 0. The molecule has 0 unspecified atom stereocenters. The van der Waals surface area contributed by atoms with Gasteiger partial charge in [-0.1, -0.05) is 27.5 Å². The van der Waals surface area contributed by atoms with Gasteiger partial charge in [0.15, 0.2) is 0 Å². The highest BCUT2D eigenvalue weighted by Gasteiger charge is 2.22. The van der Waals surface area contributed by atoms with Crippen molar-refractivity contribution >= 4 is 50.4 Å². The topological polar surface area (TPSA) is 39.7 Å². The minimum atomic E-state index is 0.719. The van der Waals surface area contributed by atoms with E-state index in [0.717, 1.165) is 64.1 Å². The second-order valence-electron chi connectivity index (χ2n) is 5.65. The van der Waals surface area contributed by atoms with E-state index in [0.29, 0.717) is 0 Å². The molecule has 118 valence electrons. The molecule has 0 atom stereocenters. The minimum absolute atomic E-state index is 0.719. The van der Waals surface area contributed by atoms with Crippen molar-refractivity contribution in [2.75, 3.05) is 31.5 Å². The maximum absolute atomic E-state index is 6.20. The lowest BCUT2D eigenvalue weighted by Gasteiger charge is -2.30. The van der Waals surface area contributed by atoms with Crippen LogP contribution in [0.25, 0.3) is 0 Å². The SMILES string of the molecule is Clc1ccc2c(c1)Nc1ccc(Br)cc1N=C2N1CCNCC1. The van der Waals surface area contributed by atoms with Crippen molar-refractivity contribution in [3.05, 3.63) is 51.5 Å². The quantitative estimate of drug-likeness (QED) is 0.709. The summed E-state index contributed by atoms with van der Waals surface area (Å²) in [6.45, 7) is 3.84. The zero-order valence-corrected chi connectivity index (χ0v) is 14.8. The minimum Gasteiger partial charge on any atom is -0.353 e. The lowest BCUT2D eigenvalue weighted by Crippen LogP contribution is -2.46. The average molecular weight is 392 g/mol. The van der Waals surface area contributed by atoms with Crippen molar-refractivity contribution in [3.8, 4) is 0 Å². The zero-order valence-electron chi connectivity index (χ0n) is 12.4. The maximum Gasteiger partial charge on any atom is 0.138 e. The Kier molecular flexibility index (Phi) is 4.01. The molecular weight excluding hydrogens is 376 g/mol. The Morgan fingerprint density at radius 2 is 1.87 bits per heavy atom. The number of amidine groups is 1. The predicted octanol–water partition coefficient (Wildman–Crippen LogP) is 4.14. The van der Waals surface area contributed by atoms with Crippen LogP contribution in [0.4, 0.5) is 17.1 Å². The van der Waals surface area contributed by atoms with E-state index in [2.05, 4.69) is 31.5 Å². The van der Waals surface area contributed by atoms with Crippen LogP contribution in [-0.4, -0.2) is 36.9 Å². The fraction of sp³-hybridized carbons (Fsp3) is 0.235. The Morgan fingerprint density at radius 3 is 2.70 bits per heavy atom. The number of piperazine rings is 1. The van der Waals surface area contributed by atoms with Gasteiger partial charge < -0.3 is 15.5 Å². The third kappa shape index (κ3) is 2.96. The lowest BCUT2D eigenvalue weighted by atomic mass is 10.1. The third-order valence-electron chi connectivity index (χ3n) is 4.09. The van der Waals surface area contributed by atoms with Gasteiger partial charge in [-0.15, -0.1) is 0 Å². The Hall–Kier alpha value is -1.56. The van der Waals surface area contributed by atoms with Gasteiger partial charge in [-0.3, -0.25) is 0 Å². The van der Waals surface area contributed by atoms with Crippen molar-refractivity contribution in [1.29, 1.82) is 0 Å². The summed E-state index contributed by atoms with van der Waals surface area (Å²) in [5.41, 5.74) is 4.00. The van der Waals surface area contributed by atoms with Crippen LogP contribution in [0.15, 0.2) is 45.9 Å². The number of nitrogens with one attached hydrogen (secondary N) is 2. The molecule has 4 rings (SSSR count). The maximum atomic E-state index is 6.20. The van der Waals surface area contributed by atoms with Crippen molar-refractivity contribution < 1.29 is 0 Å². The lowest BCUT2D eigenvalue weighted by molar-refractivity contribution is 0.358. The first kappa shape index (κ1) is 15.0.